The molecule has 0 unspecified atom stereocenters. The summed E-state index contributed by atoms with van der Waals surface area (Å²) in [5.41, 5.74) is 0.462. The zero-order valence-corrected chi connectivity index (χ0v) is 10.9. The molecule has 0 saturated heterocycles. The van der Waals surface area contributed by atoms with Crippen molar-refractivity contribution in [3.8, 4) is 5.75 Å². The molecule has 4 heteroatoms. The van der Waals surface area contributed by atoms with Crippen LogP contribution < -0.4 is 4.74 Å². The molecule has 0 bridgehead atoms. The molecule has 1 N–H and O–H groups in total. The molecule has 2 rings (SSSR count). The predicted octanol–water partition coefficient (Wildman–Crippen LogP) is 2.28. The van der Waals surface area contributed by atoms with E-state index in [4.69, 9.17) is 9.47 Å². The molecule has 0 aliphatic heterocycles. The summed E-state index contributed by atoms with van der Waals surface area (Å²) in [7, 11) is 0. The summed E-state index contributed by atoms with van der Waals surface area (Å²) in [5.74, 6) is 0.213. The summed E-state index contributed by atoms with van der Waals surface area (Å²) in [6.07, 6.45) is -0.858. The van der Waals surface area contributed by atoms with Crippen LogP contribution in [0.3, 0.4) is 0 Å². The Hall–Kier alpha value is -2.33. The largest absolute Gasteiger partial charge is 0.491 e. The second-order valence-corrected chi connectivity index (χ2v) is 4.24. The molecule has 0 radical (unpaired) electrons. The van der Waals surface area contributed by atoms with Crippen molar-refractivity contribution in [3.05, 3.63) is 66.2 Å². The Kier molecular flexibility index (Phi) is 5.15. The van der Waals surface area contributed by atoms with Crippen LogP contribution in [0.25, 0.3) is 0 Å². The number of para-hydroxylation sites is 1. The first-order valence-corrected chi connectivity index (χ1v) is 6.34. The van der Waals surface area contributed by atoms with Crippen LogP contribution in [0.1, 0.15) is 10.4 Å². The van der Waals surface area contributed by atoms with Gasteiger partial charge in [-0.05, 0) is 24.3 Å². The Morgan fingerprint density at radius 1 is 0.950 bits per heavy atom. The lowest BCUT2D eigenvalue weighted by atomic mass is 10.2. The molecule has 0 aliphatic rings. The number of aliphatic hydroxyl groups is 1. The van der Waals surface area contributed by atoms with Crippen molar-refractivity contribution in [2.45, 2.75) is 6.10 Å². The van der Waals surface area contributed by atoms with E-state index in [2.05, 4.69) is 0 Å². The highest BCUT2D eigenvalue weighted by atomic mass is 16.5. The lowest BCUT2D eigenvalue weighted by Crippen LogP contribution is -2.25. The van der Waals surface area contributed by atoms with E-state index in [1.54, 1.807) is 36.4 Å². The SMILES string of the molecule is O=C(OC[C@H](O)COc1ccccc1)c1ccccc1. The number of carbonyl (C=O) groups excluding carboxylic acids is 1. The monoisotopic (exact) mass is 272 g/mol. The maximum Gasteiger partial charge on any atom is 0.338 e. The van der Waals surface area contributed by atoms with E-state index in [1.165, 1.54) is 0 Å². The third kappa shape index (κ3) is 4.40. The Bertz CT molecular complexity index is 525. The standard InChI is InChI=1S/C16H16O4/c17-14(11-19-15-9-5-2-6-10-15)12-20-16(18)13-7-3-1-4-8-13/h1-10,14,17H,11-12H2/t14-/m1/s1. The van der Waals surface area contributed by atoms with E-state index in [0.717, 1.165) is 0 Å². The number of hydrogen-bond donors (Lipinski definition) is 1. The number of ether oxygens (including phenoxy) is 2. The van der Waals surface area contributed by atoms with E-state index in [1.807, 2.05) is 24.3 Å². The first-order chi connectivity index (χ1) is 9.75. The summed E-state index contributed by atoms with van der Waals surface area (Å²) < 4.78 is 10.4. The van der Waals surface area contributed by atoms with E-state index in [9.17, 15) is 9.90 Å². The van der Waals surface area contributed by atoms with Crippen LogP contribution in [0.5, 0.6) is 5.75 Å². The van der Waals surface area contributed by atoms with Gasteiger partial charge >= 0.3 is 5.97 Å². The van der Waals surface area contributed by atoms with Gasteiger partial charge in [0.05, 0.1) is 5.56 Å². The summed E-state index contributed by atoms with van der Waals surface area (Å²) in [6.45, 7) is -0.0212. The fourth-order valence-corrected chi connectivity index (χ4v) is 1.59. The average Bonchev–Trinajstić information content (AvgIpc) is 2.52. The van der Waals surface area contributed by atoms with Crippen LogP contribution in [0.15, 0.2) is 60.7 Å². The number of benzene rings is 2. The second kappa shape index (κ2) is 7.31. The summed E-state index contributed by atoms with van der Waals surface area (Å²) in [6, 6.07) is 17.8. The van der Waals surface area contributed by atoms with Crippen molar-refractivity contribution in [1.82, 2.24) is 0 Å². The van der Waals surface area contributed by atoms with Gasteiger partial charge in [0.1, 0.15) is 25.1 Å². The van der Waals surface area contributed by atoms with Gasteiger partial charge in [-0.3, -0.25) is 0 Å². The summed E-state index contributed by atoms with van der Waals surface area (Å²) in [4.78, 5) is 11.6. The van der Waals surface area contributed by atoms with E-state index >= 15 is 0 Å². The molecule has 2 aromatic carbocycles. The molecule has 0 aliphatic carbocycles. The van der Waals surface area contributed by atoms with Crippen LogP contribution in [-0.2, 0) is 4.74 Å². The van der Waals surface area contributed by atoms with E-state index in [0.29, 0.717) is 11.3 Å². The summed E-state index contributed by atoms with van der Waals surface area (Å²) >= 11 is 0. The van der Waals surface area contributed by atoms with Crippen molar-refractivity contribution >= 4 is 5.97 Å². The molecular weight excluding hydrogens is 256 g/mol. The molecule has 0 aromatic heterocycles. The Balaban J connectivity index is 1.73. The predicted molar refractivity (Wildman–Crippen MR) is 74.7 cm³/mol. The van der Waals surface area contributed by atoms with Crippen LogP contribution in [0.2, 0.25) is 0 Å². The Labute approximate surface area is 117 Å². The zero-order valence-electron chi connectivity index (χ0n) is 10.9. The van der Waals surface area contributed by atoms with Gasteiger partial charge in [-0.25, -0.2) is 4.79 Å². The lowest BCUT2D eigenvalue weighted by molar-refractivity contribution is 0.0130. The molecule has 2 aromatic rings. The van der Waals surface area contributed by atoms with E-state index < -0.39 is 12.1 Å². The fraction of sp³-hybridized carbons (Fsp3) is 0.188. The molecule has 104 valence electrons. The van der Waals surface area contributed by atoms with E-state index in [-0.39, 0.29) is 13.2 Å². The van der Waals surface area contributed by atoms with Gasteiger partial charge in [-0.1, -0.05) is 36.4 Å². The molecule has 20 heavy (non-hydrogen) atoms. The van der Waals surface area contributed by atoms with Gasteiger partial charge in [0.15, 0.2) is 0 Å². The van der Waals surface area contributed by atoms with Gasteiger partial charge in [0.25, 0.3) is 0 Å². The minimum absolute atomic E-state index is 0.0755. The minimum Gasteiger partial charge on any atom is -0.491 e. The van der Waals surface area contributed by atoms with Gasteiger partial charge in [0.2, 0.25) is 0 Å². The lowest BCUT2D eigenvalue weighted by Gasteiger charge is -2.12. The zero-order chi connectivity index (χ0) is 14.2. The van der Waals surface area contributed by atoms with Gasteiger partial charge in [0, 0.05) is 0 Å². The van der Waals surface area contributed by atoms with Crippen LogP contribution in [-0.4, -0.2) is 30.4 Å². The third-order valence-electron chi connectivity index (χ3n) is 2.60. The molecule has 0 spiro atoms. The van der Waals surface area contributed by atoms with Gasteiger partial charge < -0.3 is 14.6 Å². The fourth-order valence-electron chi connectivity index (χ4n) is 1.59. The highest BCUT2D eigenvalue weighted by molar-refractivity contribution is 5.89. The molecule has 1 atom stereocenters. The third-order valence-corrected chi connectivity index (χ3v) is 2.60. The van der Waals surface area contributed by atoms with Gasteiger partial charge in [-0.15, -0.1) is 0 Å². The molecule has 0 amide bonds. The molecule has 0 heterocycles. The smallest absolute Gasteiger partial charge is 0.338 e. The topological polar surface area (TPSA) is 55.8 Å². The van der Waals surface area contributed by atoms with Crippen molar-refractivity contribution in [2.24, 2.45) is 0 Å². The van der Waals surface area contributed by atoms with Crippen LogP contribution >= 0.6 is 0 Å². The number of aliphatic hydroxyl groups excluding tert-OH is 1. The van der Waals surface area contributed by atoms with Crippen molar-refractivity contribution in [3.63, 3.8) is 0 Å². The highest BCUT2D eigenvalue weighted by Gasteiger charge is 2.11. The quantitative estimate of drug-likeness (QED) is 0.820. The minimum atomic E-state index is -0.858. The Morgan fingerprint density at radius 3 is 2.20 bits per heavy atom. The molecule has 0 fully saturated rings. The normalized spacial score (nSPS) is 11.7. The number of hydrogen-bond acceptors (Lipinski definition) is 4. The molecular formula is C16H16O4. The average molecular weight is 272 g/mol. The first-order valence-electron chi connectivity index (χ1n) is 6.34. The number of carbonyl (C=O) groups is 1. The molecule has 4 nitrogen and oxygen atoms in total. The van der Waals surface area contributed by atoms with Crippen LogP contribution in [0.4, 0.5) is 0 Å². The summed E-state index contributed by atoms with van der Waals surface area (Å²) in [5, 5.41) is 9.70. The van der Waals surface area contributed by atoms with Crippen LogP contribution in [0, 0.1) is 0 Å². The van der Waals surface area contributed by atoms with Crippen molar-refractivity contribution < 1.29 is 19.4 Å². The first kappa shape index (κ1) is 14.1. The highest BCUT2D eigenvalue weighted by Crippen LogP contribution is 2.08. The maximum absolute atomic E-state index is 11.6. The van der Waals surface area contributed by atoms with Gasteiger partial charge in [-0.2, -0.15) is 0 Å². The maximum atomic E-state index is 11.6. The number of rotatable bonds is 6. The second-order valence-electron chi connectivity index (χ2n) is 4.24. The van der Waals surface area contributed by atoms with Crippen molar-refractivity contribution in [2.75, 3.05) is 13.2 Å². The van der Waals surface area contributed by atoms with Crippen molar-refractivity contribution in [1.29, 1.82) is 0 Å². The molecule has 0 saturated carbocycles. The Morgan fingerprint density at radius 2 is 1.55 bits per heavy atom. The number of esters is 1.